The number of nitrogens with two attached hydrogens (primary N) is 1. The Hall–Kier alpha value is -2.49. The van der Waals surface area contributed by atoms with Crippen LogP contribution in [0.5, 0.6) is 0 Å². The molecule has 0 aromatic heterocycles. The predicted molar refractivity (Wildman–Crippen MR) is 125 cm³/mol. The second kappa shape index (κ2) is 9.52. The summed E-state index contributed by atoms with van der Waals surface area (Å²) in [4.78, 5) is 65.5. The van der Waals surface area contributed by atoms with Crippen LogP contribution >= 0.6 is 0 Å². The van der Waals surface area contributed by atoms with Crippen molar-refractivity contribution >= 4 is 29.4 Å². The van der Waals surface area contributed by atoms with Crippen molar-refractivity contribution in [3.63, 3.8) is 0 Å². The fourth-order valence-electron chi connectivity index (χ4n) is 5.86. The molecule has 0 aromatic carbocycles. The van der Waals surface area contributed by atoms with Gasteiger partial charge in [-0.1, -0.05) is 40.5 Å². The molecule has 35 heavy (non-hydrogen) atoms. The van der Waals surface area contributed by atoms with Gasteiger partial charge in [-0.05, 0) is 36.0 Å². The third kappa shape index (κ3) is 5.08. The predicted octanol–water partition coefficient (Wildman–Crippen LogP) is -0.0140. The molecule has 2 aliphatic carbocycles. The minimum Gasteiger partial charge on any atom is -0.381 e. The summed E-state index contributed by atoms with van der Waals surface area (Å²) in [7, 11) is 0. The number of hydrogen-bond donors (Lipinski definition) is 3. The lowest BCUT2D eigenvalue weighted by atomic mass is 9.94. The van der Waals surface area contributed by atoms with Gasteiger partial charge in [-0.2, -0.15) is 0 Å². The Morgan fingerprint density at radius 2 is 1.77 bits per heavy atom. The number of nitrogens with one attached hydrogen (secondary N) is 2. The molecule has 2 heterocycles. The first-order valence-electron chi connectivity index (χ1n) is 12.8. The van der Waals surface area contributed by atoms with E-state index in [-0.39, 0.29) is 46.8 Å². The Bertz CT molecular complexity index is 908. The molecule has 4 fully saturated rings. The smallest absolute Gasteiger partial charge is 0.287 e. The summed E-state index contributed by atoms with van der Waals surface area (Å²) in [5, 5.41) is 5.66. The highest BCUT2D eigenvalue weighted by atomic mass is 16.5. The van der Waals surface area contributed by atoms with E-state index >= 15 is 0 Å². The summed E-state index contributed by atoms with van der Waals surface area (Å²) in [5.74, 6) is -2.92. The van der Waals surface area contributed by atoms with E-state index in [1.54, 1.807) is 18.7 Å². The van der Waals surface area contributed by atoms with Crippen LogP contribution in [-0.4, -0.2) is 72.2 Å². The Kier molecular flexibility index (Phi) is 6.96. The lowest BCUT2D eigenvalue weighted by Crippen LogP contribution is -2.59. The number of primary amides is 1. The zero-order chi connectivity index (χ0) is 25.7. The normalized spacial score (nSPS) is 30.4. The maximum absolute atomic E-state index is 13.8. The van der Waals surface area contributed by atoms with E-state index in [0.717, 1.165) is 12.8 Å². The van der Waals surface area contributed by atoms with Gasteiger partial charge in [-0.3, -0.25) is 24.0 Å². The average molecular weight is 491 g/mol. The highest BCUT2D eigenvalue weighted by Crippen LogP contribution is 2.65. The van der Waals surface area contributed by atoms with Crippen molar-refractivity contribution in [1.29, 1.82) is 0 Å². The molecule has 0 aromatic rings. The molecule has 10 heteroatoms. The second-order valence-electron chi connectivity index (χ2n) is 11.6. The van der Waals surface area contributed by atoms with Gasteiger partial charge in [0.15, 0.2) is 0 Å². The molecule has 2 saturated carbocycles. The topological polar surface area (TPSA) is 148 Å². The monoisotopic (exact) mass is 490 g/mol. The van der Waals surface area contributed by atoms with Crippen molar-refractivity contribution in [3.8, 4) is 0 Å². The summed E-state index contributed by atoms with van der Waals surface area (Å²) in [6.07, 6.45) is 2.92. The Morgan fingerprint density at radius 1 is 1.09 bits per heavy atom. The number of ether oxygens (including phenoxy) is 1. The molecule has 0 spiro atoms. The molecule has 194 valence electrons. The van der Waals surface area contributed by atoms with Crippen LogP contribution in [0.15, 0.2) is 0 Å². The van der Waals surface area contributed by atoms with Crippen LogP contribution < -0.4 is 16.4 Å². The molecule has 0 bridgehead atoms. The molecule has 10 nitrogen and oxygen atoms in total. The number of amides is 4. The van der Waals surface area contributed by atoms with Crippen molar-refractivity contribution in [1.82, 2.24) is 15.5 Å². The van der Waals surface area contributed by atoms with Gasteiger partial charge in [-0.25, -0.2) is 0 Å². The third-order valence-electron chi connectivity index (χ3n) is 8.43. The fraction of sp³-hybridized carbons (Fsp3) is 0.800. The number of fused-ring (bicyclic) bond motifs is 1. The van der Waals surface area contributed by atoms with Gasteiger partial charge in [0, 0.05) is 25.0 Å². The molecule has 4 amide bonds. The van der Waals surface area contributed by atoms with E-state index in [1.165, 1.54) is 0 Å². The number of Topliss-reactive ketones (excluding diaryl/α,β-unsaturated/α-hetero) is 1. The van der Waals surface area contributed by atoms with Crippen LogP contribution in [-0.2, 0) is 28.7 Å². The SMILES string of the molecule is CC(C)C(=O)NC(C(=O)N1C[C@H]2C([C@H]1C(=O)NC(CC1CC1)C(=O)C(N)=O)C2(C)C)C1CCOC1. The van der Waals surface area contributed by atoms with Crippen LogP contribution in [0.3, 0.4) is 0 Å². The summed E-state index contributed by atoms with van der Waals surface area (Å²) >= 11 is 0. The van der Waals surface area contributed by atoms with E-state index in [1.807, 2.05) is 0 Å². The number of piperidine rings is 1. The van der Waals surface area contributed by atoms with Crippen LogP contribution in [0.2, 0.25) is 0 Å². The van der Waals surface area contributed by atoms with Crippen molar-refractivity contribution in [3.05, 3.63) is 0 Å². The minimum absolute atomic E-state index is 0.0574. The molecule has 4 unspecified atom stereocenters. The quantitative estimate of drug-likeness (QED) is 0.367. The maximum atomic E-state index is 13.8. The van der Waals surface area contributed by atoms with Crippen molar-refractivity contribution in [2.45, 2.75) is 71.5 Å². The summed E-state index contributed by atoms with van der Waals surface area (Å²) < 4.78 is 5.49. The molecule has 0 radical (unpaired) electrons. The van der Waals surface area contributed by atoms with Gasteiger partial charge in [0.1, 0.15) is 12.1 Å². The van der Waals surface area contributed by atoms with E-state index in [4.69, 9.17) is 10.5 Å². The lowest BCUT2D eigenvalue weighted by molar-refractivity contribution is -0.145. The number of ketones is 1. The van der Waals surface area contributed by atoms with Gasteiger partial charge in [0.25, 0.3) is 5.91 Å². The first-order valence-corrected chi connectivity index (χ1v) is 12.8. The molecule has 4 aliphatic rings. The first-order chi connectivity index (χ1) is 16.4. The van der Waals surface area contributed by atoms with Gasteiger partial charge < -0.3 is 26.0 Å². The van der Waals surface area contributed by atoms with Crippen molar-refractivity contribution in [2.24, 2.45) is 40.7 Å². The molecular weight excluding hydrogens is 452 g/mol. The summed E-state index contributed by atoms with van der Waals surface area (Å²) in [6.45, 7) is 8.98. The van der Waals surface area contributed by atoms with E-state index < -0.39 is 35.7 Å². The number of carbonyl (C=O) groups excluding carboxylic acids is 5. The zero-order valence-corrected chi connectivity index (χ0v) is 21.0. The highest BCUT2D eigenvalue weighted by molar-refractivity contribution is 6.37. The standard InChI is InChI=1S/C25H38N4O6/c1-12(2)22(32)28-18(14-7-8-35-11-14)24(34)29-10-15-17(25(15,3)4)19(29)23(33)27-16(9-13-5-6-13)20(30)21(26)31/h12-19H,5-11H2,1-4H3,(H2,26,31)(H,27,33)(H,28,32)/t14?,15-,16?,17?,18?,19-/m0/s1. The fourth-order valence-corrected chi connectivity index (χ4v) is 5.86. The van der Waals surface area contributed by atoms with Crippen LogP contribution in [0.4, 0.5) is 0 Å². The number of carbonyl (C=O) groups is 5. The molecule has 6 atom stereocenters. The Labute approximate surface area is 206 Å². The largest absolute Gasteiger partial charge is 0.381 e. The number of likely N-dealkylation sites (tertiary alicyclic amines) is 1. The average Bonchev–Trinajstić information content (AvgIpc) is 3.49. The van der Waals surface area contributed by atoms with Gasteiger partial charge in [-0.15, -0.1) is 0 Å². The number of hydrogen-bond acceptors (Lipinski definition) is 6. The van der Waals surface area contributed by atoms with Crippen molar-refractivity contribution in [2.75, 3.05) is 19.8 Å². The zero-order valence-electron chi connectivity index (χ0n) is 21.0. The van der Waals surface area contributed by atoms with Crippen LogP contribution in [0, 0.1) is 35.0 Å². The van der Waals surface area contributed by atoms with Gasteiger partial charge in [0.05, 0.1) is 12.6 Å². The lowest BCUT2D eigenvalue weighted by Gasteiger charge is -2.35. The summed E-state index contributed by atoms with van der Waals surface area (Å²) in [5.41, 5.74) is 5.12. The minimum atomic E-state index is -1.07. The molecule has 4 rings (SSSR count). The van der Waals surface area contributed by atoms with Crippen molar-refractivity contribution < 1.29 is 28.7 Å². The van der Waals surface area contributed by atoms with E-state index in [2.05, 4.69) is 24.5 Å². The molecule has 2 saturated heterocycles. The van der Waals surface area contributed by atoms with Gasteiger partial charge >= 0.3 is 0 Å². The highest BCUT2D eigenvalue weighted by Gasteiger charge is 2.69. The second-order valence-corrected chi connectivity index (χ2v) is 11.6. The van der Waals surface area contributed by atoms with E-state index in [0.29, 0.717) is 32.6 Å². The van der Waals surface area contributed by atoms with Crippen LogP contribution in [0.25, 0.3) is 0 Å². The number of nitrogens with zero attached hydrogens (tertiary/aromatic N) is 1. The molecular formula is C25H38N4O6. The Morgan fingerprint density at radius 3 is 2.31 bits per heavy atom. The van der Waals surface area contributed by atoms with Crippen LogP contribution in [0.1, 0.15) is 53.4 Å². The summed E-state index contributed by atoms with van der Waals surface area (Å²) in [6, 6.07) is -2.53. The maximum Gasteiger partial charge on any atom is 0.287 e. The molecule has 2 aliphatic heterocycles. The first kappa shape index (κ1) is 25.6. The molecule has 4 N–H and O–H groups in total. The third-order valence-corrected chi connectivity index (χ3v) is 8.43. The van der Waals surface area contributed by atoms with E-state index in [9.17, 15) is 24.0 Å². The van der Waals surface area contributed by atoms with Gasteiger partial charge in [0.2, 0.25) is 23.5 Å². The number of rotatable bonds is 10. The Balaban J connectivity index is 1.55.